The van der Waals surface area contributed by atoms with Crippen molar-refractivity contribution in [2.75, 3.05) is 20.1 Å². The van der Waals surface area contributed by atoms with E-state index in [9.17, 15) is 0 Å². The van der Waals surface area contributed by atoms with Crippen LogP contribution in [0.5, 0.6) is 11.5 Å². The van der Waals surface area contributed by atoms with Crippen molar-refractivity contribution in [1.82, 2.24) is 0 Å². The van der Waals surface area contributed by atoms with E-state index in [-0.39, 0.29) is 0 Å². The van der Waals surface area contributed by atoms with E-state index in [2.05, 4.69) is 13.0 Å². The molecule has 0 amide bonds. The Morgan fingerprint density at radius 1 is 1.25 bits per heavy atom. The fourth-order valence-electron chi connectivity index (χ4n) is 1.25. The SMILES string of the molecule is COc1ccc(CSC(C)CCl)cc1OC. The maximum Gasteiger partial charge on any atom is 0.161 e. The predicted octanol–water partition coefficient (Wildman–Crippen LogP) is 3.56. The molecule has 1 rings (SSSR count). The largest absolute Gasteiger partial charge is 0.493 e. The molecule has 0 aliphatic rings. The van der Waals surface area contributed by atoms with Crippen molar-refractivity contribution < 1.29 is 9.47 Å². The standard InChI is InChI=1S/C12H17ClO2S/c1-9(7-13)16-8-10-4-5-11(14-2)12(6-10)15-3/h4-6,9H,7-8H2,1-3H3. The summed E-state index contributed by atoms with van der Waals surface area (Å²) in [6, 6.07) is 5.99. The second-order valence-corrected chi connectivity index (χ2v) is 5.20. The summed E-state index contributed by atoms with van der Waals surface area (Å²) in [7, 11) is 3.29. The lowest BCUT2D eigenvalue weighted by Gasteiger charge is -2.11. The lowest BCUT2D eigenvalue weighted by atomic mass is 10.2. The minimum absolute atomic E-state index is 0.467. The number of hydrogen-bond acceptors (Lipinski definition) is 3. The van der Waals surface area contributed by atoms with E-state index in [4.69, 9.17) is 21.1 Å². The molecule has 0 heterocycles. The predicted molar refractivity (Wildman–Crippen MR) is 71.0 cm³/mol. The molecule has 0 saturated carbocycles. The smallest absolute Gasteiger partial charge is 0.161 e. The molecule has 90 valence electrons. The van der Waals surface area contributed by atoms with Crippen LogP contribution in [-0.4, -0.2) is 25.3 Å². The van der Waals surface area contributed by atoms with Gasteiger partial charge in [-0.25, -0.2) is 0 Å². The Morgan fingerprint density at radius 2 is 1.94 bits per heavy atom. The summed E-state index contributed by atoms with van der Waals surface area (Å²) in [6.45, 7) is 2.12. The average molecular weight is 261 g/mol. The maximum atomic E-state index is 5.76. The van der Waals surface area contributed by atoms with Gasteiger partial charge in [0.15, 0.2) is 11.5 Å². The third kappa shape index (κ3) is 3.80. The third-order valence-corrected chi connectivity index (χ3v) is 4.08. The molecule has 1 aromatic carbocycles. The van der Waals surface area contributed by atoms with Gasteiger partial charge in [0.05, 0.1) is 14.2 Å². The van der Waals surface area contributed by atoms with Gasteiger partial charge in [0.25, 0.3) is 0 Å². The van der Waals surface area contributed by atoms with Gasteiger partial charge in [0.2, 0.25) is 0 Å². The molecule has 0 aliphatic carbocycles. The van der Waals surface area contributed by atoms with Gasteiger partial charge >= 0.3 is 0 Å². The Bertz CT molecular complexity index is 331. The number of alkyl halides is 1. The number of benzene rings is 1. The highest BCUT2D eigenvalue weighted by molar-refractivity contribution is 7.99. The van der Waals surface area contributed by atoms with Crippen molar-refractivity contribution in [3.63, 3.8) is 0 Å². The molecule has 0 saturated heterocycles. The van der Waals surface area contributed by atoms with Gasteiger partial charge in [0.1, 0.15) is 0 Å². The van der Waals surface area contributed by atoms with Crippen LogP contribution in [0.15, 0.2) is 18.2 Å². The zero-order valence-corrected chi connectivity index (χ0v) is 11.4. The minimum atomic E-state index is 0.467. The lowest BCUT2D eigenvalue weighted by molar-refractivity contribution is 0.354. The van der Waals surface area contributed by atoms with E-state index in [0.717, 1.165) is 17.3 Å². The van der Waals surface area contributed by atoms with Gasteiger partial charge in [-0.05, 0) is 17.7 Å². The van der Waals surface area contributed by atoms with Crippen molar-refractivity contribution in [3.05, 3.63) is 23.8 Å². The first-order chi connectivity index (χ1) is 7.71. The number of halogens is 1. The zero-order chi connectivity index (χ0) is 12.0. The summed E-state index contributed by atoms with van der Waals surface area (Å²) in [5.41, 5.74) is 1.22. The summed E-state index contributed by atoms with van der Waals surface area (Å²) >= 11 is 7.59. The van der Waals surface area contributed by atoms with Crippen molar-refractivity contribution in [2.24, 2.45) is 0 Å². The van der Waals surface area contributed by atoms with E-state index in [1.807, 2.05) is 23.9 Å². The molecule has 1 aromatic rings. The topological polar surface area (TPSA) is 18.5 Å². The molecule has 1 unspecified atom stereocenters. The van der Waals surface area contributed by atoms with Crippen LogP contribution in [0.25, 0.3) is 0 Å². The number of hydrogen-bond donors (Lipinski definition) is 0. The molecular weight excluding hydrogens is 244 g/mol. The second-order valence-electron chi connectivity index (χ2n) is 3.47. The Hall–Kier alpha value is -0.540. The highest BCUT2D eigenvalue weighted by Crippen LogP contribution is 2.29. The molecule has 0 aliphatic heterocycles. The van der Waals surface area contributed by atoms with Crippen LogP contribution >= 0.6 is 23.4 Å². The molecule has 2 nitrogen and oxygen atoms in total. The molecule has 4 heteroatoms. The van der Waals surface area contributed by atoms with Crippen LogP contribution in [0.1, 0.15) is 12.5 Å². The summed E-state index contributed by atoms with van der Waals surface area (Å²) < 4.78 is 10.4. The fourth-order valence-corrected chi connectivity index (χ4v) is 2.27. The van der Waals surface area contributed by atoms with Gasteiger partial charge in [0, 0.05) is 16.9 Å². The van der Waals surface area contributed by atoms with E-state index >= 15 is 0 Å². The summed E-state index contributed by atoms with van der Waals surface area (Å²) in [5.74, 6) is 3.16. The molecule has 0 bridgehead atoms. The van der Waals surface area contributed by atoms with Crippen molar-refractivity contribution in [2.45, 2.75) is 17.9 Å². The lowest BCUT2D eigenvalue weighted by Crippen LogP contribution is -1.98. The maximum absolute atomic E-state index is 5.76. The number of ether oxygens (including phenoxy) is 2. The van der Waals surface area contributed by atoms with Gasteiger partial charge < -0.3 is 9.47 Å². The molecule has 1 atom stereocenters. The van der Waals surface area contributed by atoms with Gasteiger partial charge in [-0.15, -0.1) is 11.6 Å². The Labute approximate surface area is 106 Å². The second kappa shape index (κ2) is 6.92. The summed E-state index contributed by atoms with van der Waals surface area (Å²) in [4.78, 5) is 0. The first-order valence-electron chi connectivity index (χ1n) is 5.09. The van der Waals surface area contributed by atoms with Crippen LogP contribution in [0.3, 0.4) is 0 Å². The van der Waals surface area contributed by atoms with Crippen molar-refractivity contribution in [1.29, 1.82) is 0 Å². The zero-order valence-electron chi connectivity index (χ0n) is 9.83. The Balaban J connectivity index is 2.67. The molecule has 0 N–H and O–H groups in total. The number of rotatable bonds is 6. The van der Waals surface area contributed by atoms with Gasteiger partial charge in [-0.1, -0.05) is 13.0 Å². The first-order valence-corrected chi connectivity index (χ1v) is 6.68. The minimum Gasteiger partial charge on any atom is -0.493 e. The highest BCUT2D eigenvalue weighted by atomic mass is 35.5. The summed E-state index contributed by atoms with van der Waals surface area (Å²) in [6.07, 6.45) is 0. The normalized spacial score (nSPS) is 12.2. The molecular formula is C12H17ClO2S. The van der Waals surface area contributed by atoms with Gasteiger partial charge in [-0.2, -0.15) is 11.8 Å². The molecule has 16 heavy (non-hydrogen) atoms. The van der Waals surface area contributed by atoms with E-state index in [1.54, 1.807) is 14.2 Å². The Kier molecular flexibility index (Phi) is 5.85. The Morgan fingerprint density at radius 3 is 2.50 bits per heavy atom. The van der Waals surface area contributed by atoms with Crippen LogP contribution in [0.4, 0.5) is 0 Å². The van der Waals surface area contributed by atoms with Gasteiger partial charge in [-0.3, -0.25) is 0 Å². The van der Waals surface area contributed by atoms with E-state index in [1.165, 1.54) is 5.56 Å². The quantitative estimate of drug-likeness (QED) is 0.729. The fraction of sp³-hybridized carbons (Fsp3) is 0.500. The molecule has 0 radical (unpaired) electrons. The summed E-state index contributed by atoms with van der Waals surface area (Å²) in [5, 5.41) is 0.467. The number of thioether (sulfide) groups is 1. The van der Waals surface area contributed by atoms with Crippen LogP contribution in [0.2, 0.25) is 0 Å². The monoisotopic (exact) mass is 260 g/mol. The number of methoxy groups -OCH3 is 2. The third-order valence-electron chi connectivity index (χ3n) is 2.20. The average Bonchev–Trinajstić information content (AvgIpc) is 2.35. The molecule has 0 spiro atoms. The van der Waals surface area contributed by atoms with E-state index < -0.39 is 0 Å². The van der Waals surface area contributed by atoms with Crippen molar-refractivity contribution >= 4 is 23.4 Å². The molecule has 0 fully saturated rings. The van der Waals surface area contributed by atoms with Crippen LogP contribution in [-0.2, 0) is 5.75 Å². The van der Waals surface area contributed by atoms with Crippen LogP contribution < -0.4 is 9.47 Å². The highest BCUT2D eigenvalue weighted by Gasteiger charge is 2.06. The van der Waals surface area contributed by atoms with E-state index in [0.29, 0.717) is 11.1 Å². The van der Waals surface area contributed by atoms with Crippen molar-refractivity contribution in [3.8, 4) is 11.5 Å². The first kappa shape index (κ1) is 13.5. The molecule has 0 aromatic heterocycles. The van der Waals surface area contributed by atoms with Crippen LogP contribution in [0, 0.1) is 0 Å².